The zero-order valence-corrected chi connectivity index (χ0v) is 18.9. The van der Waals surface area contributed by atoms with Crippen LogP contribution in [0.4, 0.5) is 0 Å². The summed E-state index contributed by atoms with van der Waals surface area (Å²) in [5, 5.41) is 15.3. The predicted octanol–water partition coefficient (Wildman–Crippen LogP) is 6.50. The lowest BCUT2D eigenvalue weighted by Crippen LogP contribution is -2.22. The zero-order valence-electron chi connectivity index (χ0n) is 18.9. The highest BCUT2D eigenvalue weighted by Crippen LogP contribution is 2.33. The molecule has 1 heterocycles. The number of rotatable bonds is 6. The Kier molecular flexibility index (Phi) is 6.20. The lowest BCUT2D eigenvalue weighted by molar-refractivity contribution is 0.412. The summed E-state index contributed by atoms with van der Waals surface area (Å²) in [6.45, 7) is 6.29. The molecule has 0 amide bonds. The minimum absolute atomic E-state index is 0.131. The first-order valence-corrected chi connectivity index (χ1v) is 10.8. The van der Waals surface area contributed by atoms with Crippen molar-refractivity contribution in [2.24, 2.45) is 0 Å². The Morgan fingerprint density at radius 2 is 1.72 bits per heavy atom. The molecule has 1 aromatic heterocycles. The predicted molar refractivity (Wildman–Crippen MR) is 130 cm³/mol. The van der Waals surface area contributed by atoms with Crippen LogP contribution in [0, 0.1) is 18.3 Å². The van der Waals surface area contributed by atoms with Crippen LogP contribution < -0.4 is 10.1 Å². The molecule has 0 aliphatic rings. The third-order valence-corrected chi connectivity index (χ3v) is 5.97. The number of aryl methyl sites for hydroxylation is 1. The van der Waals surface area contributed by atoms with Gasteiger partial charge in [-0.3, -0.25) is 0 Å². The number of fused-ring (bicyclic) bond motifs is 1. The van der Waals surface area contributed by atoms with Crippen LogP contribution in [-0.2, 0) is 0 Å². The van der Waals surface area contributed by atoms with Gasteiger partial charge in [0.25, 0.3) is 0 Å². The Bertz CT molecular complexity index is 1310. The largest absolute Gasteiger partial charge is 0.497 e. The molecule has 4 heteroatoms. The van der Waals surface area contributed by atoms with E-state index in [1.165, 1.54) is 21.9 Å². The maximum atomic E-state index is 9.25. The second kappa shape index (κ2) is 9.21. The summed E-state index contributed by atoms with van der Waals surface area (Å²) < 4.78 is 5.38. The molecule has 1 unspecified atom stereocenters. The highest BCUT2D eigenvalue weighted by molar-refractivity contribution is 5.97. The van der Waals surface area contributed by atoms with Crippen LogP contribution in [0.5, 0.6) is 5.75 Å². The summed E-state index contributed by atoms with van der Waals surface area (Å²) in [5.41, 5.74) is 5.89. The number of hydrogen-bond donors (Lipinski definition) is 1. The van der Waals surface area contributed by atoms with Gasteiger partial charge >= 0.3 is 0 Å². The summed E-state index contributed by atoms with van der Waals surface area (Å²) in [6, 6.07) is 25.6. The van der Waals surface area contributed by atoms with Gasteiger partial charge < -0.3 is 10.1 Å². The fourth-order valence-corrected chi connectivity index (χ4v) is 4.14. The van der Waals surface area contributed by atoms with Gasteiger partial charge in [0.15, 0.2) is 0 Å². The topological polar surface area (TPSA) is 57.9 Å². The Morgan fingerprint density at radius 1 is 0.938 bits per heavy atom. The molecule has 0 saturated heterocycles. The van der Waals surface area contributed by atoms with Gasteiger partial charge in [0.2, 0.25) is 0 Å². The van der Waals surface area contributed by atoms with Crippen molar-refractivity contribution >= 4 is 10.8 Å². The summed E-state index contributed by atoms with van der Waals surface area (Å²) in [6.07, 6.45) is 1.80. The van der Waals surface area contributed by atoms with E-state index >= 15 is 0 Å². The number of ether oxygens (including phenoxy) is 1. The van der Waals surface area contributed by atoms with E-state index in [1.54, 1.807) is 13.3 Å². The smallest absolute Gasteiger partial charge is 0.143 e. The fraction of sp³-hybridized carbons (Fsp3) is 0.214. The van der Waals surface area contributed by atoms with Crippen LogP contribution in [0.2, 0.25) is 0 Å². The number of nitrogens with one attached hydrogen (secondary N) is 1. The molecule has 4 aromatic rings. The van der Waals surface area contributed by atoms with Crippen LogP contribution in [0.25, 0.3) is 21.9 Å². The second-order valence-electron chi connectivity index (χ2n) is 8.18. The molecule has 2 atom stereocenters. The molecule has 0 aliphatic carbocycles. The maximum Gasteiger partial charge on any atom is 0.143 e. The fourth-order valence-electron chi connectivity index (χ4n) is 4.14. The van der Waals surface area contributed by atoms with Gasteiger partial charge in [-0.1, -0.05) is 36.4 Å². The minimum Gasteiger partial charge on any atom is -0.497 e. The number of nitriles is 1. The SMILES string of the molecule is COc1cccc([C@@H](C)NC(C)c2cc(-c3cnc(C#N)c(C)c3)c3ccccc3c2)c1. The summed E-state index contributed by atoms with van der Waals surface area (Å²) >= 11 is 0. The molecule has 160 valence electrons. The molecule has 0 saturated carbocycles. The number of hydrogen-bond acceptors (Lipinski definition) is 4. The maximum absolute atomic E-state index is 9.25. The van der Waals surface area contributed by atoms with Crippen molar-refractivity contribution in [1.29, 1.82) is 5.26 Å². The van der Waals surface area contributed by atoms with Crippen LogP contribution >= 0.6 is 0 Å². The second-order valence-corrected chi connectivity index (χ2v) is 8.18. The van der Waals surface area contributed by atoms with E-state index in [1.807, 2.05) is 25.1 Å². The molecule has 32 heavy (non-hydrogen) atoms. The molecule has 1 N–H and O–H groups in total. The molecule has 4 nitrogen and oxygen atoms in total. The van der Waals surface area contributed by atoms with Gasteiger partial charge in [-0.05, 0) is 84.1 Å². The van der Waals surface area contributed by atoms with Crippen molar-refractivity contribution in [3.05, 3.63) is 95.3 Å². The highest BCUT2D eigenvalue weighted by Gasteiger charge is 2.15. The van der Waals surface area contributed by atoms with Crippen LogP contribution in [0.3, 0.4) is 0 Å². The lowest BCUT2D eigenvalue weighted by atomic mass is 9.93. The minimum atomic E-state index is 0.131. The lowest BCUT2D eigenvalue weighted by Gasteiger charge is -2.22. The van der Waals surface area contributed by atoms with Gasteiger partial charge in [0, 0.05) is 23.8 Å². The number of benzene rings is 3. The van der Waals surface area contributed by atoms with Crippen LogP contribution in [0.1, 0.15) is 48.3 Å². The number of aromatic nitrogens is 1. The number of pyridine rings is 1. The summed E-state index contributed by atoms with van der Waals surface area (Å²) in [7, 11) is 1.69. The van der Waals surface area contributed by atoms with Gasteiger partial charge in [-0.2, -0.15) is 5.26 Å². The van der Waals surface area contributed by atoms with E-state index in [2.05, 4.69) is 78.7 Å². The van der Waals surface area contributed by atoms with Gasteiger partial charge in [-0.25, -0.2) is 4.98 Å². The number of methoxy groups -OCH3 is 1. The van der Waals surface area contributed by atoms with E-state index in [4.69, 9.17) is 4.74 Å². The molecule has 0 bridgehead atoms. The van der Waals surface area contributed by atoms with Gasteiger partial charge in [0.05, 0.1) is 7.11 Å². The third kappa shape index (κ3) is 4.34. The van der Waals surface area contributed by atoms with Crippen LogP contribution in [-0.4, -0.2) is 12.1 Å². The molecule has 0 aliphatic heterocycles. The standard InChI is InChI=1S/C28H27N3O/c1-18-12-24(17-30-28(18)16-29)27-15-23(13-22-8-5-6-11-26(22)27)20(3)31-19(2)21-9-7-10-25(14-21)32-4/h5-15,17,19-20,31H,1-4H3/t19-,20?/m1/s1. The monoisotopic (exact) mass is 421 g/mol. The summed E-state index contributed by atoms with van der Waals surface area (Å²) in [5.74, 6) is 0.862. The van der Waals surface area contributed by atoms with Crippen molar-refractivity contribution in [2.45, 2.75) is 32.9 Å². The van der Waals surface area contributed by atoms with E-state index in [9.17, 15) is 5.26 Å². The highest BCUT2D eigenvalue weighted by atomic mass is 16.5. The zero-order chi connectivity index (χ0) is 22.7. The van der Waals surface area contributed by atoms with Crippen molar-refractivity contribution < 1.29 is 4.74 Å². The normalized spacial score (nSPS) is 12.8. The van der Waals surface area contributed by atoms with Gasteiger partial charge in [0.1, 0.15) is 17.5 Å². The van der Waals surface area contributed by atoms with Crippen molar-refractivity contribution in [3.63, 3.8) is 0 Å². The van der Waals surface area contributed by atoms with E-state index in [0.717, 1.165) is 22.4 Å². The third-order valence-electron chi connectivity index (χ3n) is 5.97. The number of nitrogens with zero attached hydrogens (tertiary/aromatic N) is 2. The molecule has 0 fully saturated rings. The molecule has 3 aromatic carbocycles. The average Bonchev–Trinajstić information content (AvgIpc) is 2.83. The molecular weight excluding hydrogens is 394 g/mol. The first-order chi connectivity index (χ1) is 15.5. The Labute approximate surface area is 189 Å². The molecule has 0 spiro atoms. The Hall–Kier alpha value is -3.68. The van der Waals surface area contributed by atoms with Crippen molar-refractivity contribution in [3.8, 4) is 22.9 Å². The van der Waals surface area contributed by atoms with Crippen molar-refractivity contribution in [1.82, 2.24) is 10.3 Å². The first-order valence-electron chi connectivity index (χ1n) is 10.8. The quantitative estimate of drug-likeness (QED) is 0.386. The molecular formula is C28H27N3O. The van der Waals surface area contributed by atoms with E-state index in [0.29, 0.717) is 5.69 Å². The first kappa shape index (κ1) is 21.5. The van der Waals surface area contributed by atoms with Crippen LogP contribution in [0.15, 0.2) is 72.9 Å². The van der Waals surface area contributed by atoms with Crippen molar-refractivity contribution in [2.75, 3.05) is 7.11 Å². The summed E-state index contributed by atoms with van der Waals surface area (Å²) in [4.78, 5) is 4.37. The molecule has 4 rings (SSSR count). The molecule has 0 radical (unpaired) electrons. The van der Waals surface area contributed by atoms with Gasteiger partial charge in [-0.15, -0.1) is 0 Å². The Morgan fingerprint density at radius 3 is 2.47 bits per heavy atom. The van der Waals surface area contributed by atoms with E-state index in [-0.39, 0.29) is 12.1 Å². The van der Waals surface area contributed by atoms with E-state index < -0.39 is 0 Å². The Balaban J connectivity index is 1.71. The average molecular weight is 422 g/mol.